The van der Waals surface area contributed by atoms with Crippen LogP contribution in [-0.4, -0.2) is 9.67 Å². The summed E-state index contributed by atoms with van der Waals surface area (Å²) < 4.78 is 54.2. The van der Waals surface area contributed by atoms with E-state index in [9.17, 15) is 32.7 Å². The molecule has 0 amide bonds. The van der Waals surface area contributed by atoms with Crippen LogP contribution in [0.5, 0.6) is 5.75 Å². The molecule has 0 unspecified atom stereocenters. The third-order valence-corrected chi connectivity index (χ3v) is 3.91. The average molecular weight is 374 g/mol. The fraction of sp³-hybridized carbons (Fsp3) is 0.0526. The lowest BCUT2D eigenvalue weighted by Crippen LogP contribution is -2.06. The van der Waals surface area contributed by atoms with Gasteiger partial charge in [0.15, 0.2) is 5.75 Å². The van der Waals surface area contributed by atoms with Gasteiger partial charge < -0.3 is 9.67 Å². The van der Waals surface area contributed by atoms with Crippen molar-refractivity contribution in [1.29, 1.82) is 5.26 Å². The maximum atomic E-state index is 14.3. The Kier molecular flexibility index (Phi) is 4.45. The molecule has 27 heavy (non-hydrogen) atoms. The summed E-state index contributed by atoms with van der Waals surface area (Å²) in [5.74, 6) is -1.25. The molecular weight excluding hydrogens is 364 g/mol. The normalized spacial score (nSPS) is 11.2. The van der Waals surface area contributed by atoms with Gasteiger partial charge >= 0.3 is 6.18 Å². The van der Waals surface area contributed by atoms with Crippen molar-refractivity contribution >= 4 is 0 Å². The summed E-state index contributed by atoms with van der Waals surface area (Å²) in [4.78, 5) is 11.3. The van der Waals surface area contributed by atoms with E-state index < -0.39 is 28.7 Å². The molecule has 0 aliphatic heterocycles. The molecule has 0 spiro atoms. The average Bonchev–Trinajstić information content (AvgIpc) is 2.63. The smallest absolute Gasteiger partial charge is 0.416 e. The Balaban J connectivity index is 2.16. The van der Waals surface area contributed by atoms with Crippen LogP contribution in [0.3, 0.4) is 0 Å². The van der Waals surface area contributed by atoms with Crippen LogP contribution in [0, 0.1) is 17.1 Å². The van der Waals surface area contributed by atoms with Gasteiger partial charge in [-0.15, -0.1) is 0 Å². The summed E-state index contributed by atoms with van der Waals surface area (Å²) in [7, 11) is 0. The van der Waals surface area contributed by atoms with E-state index in [0.29, 0.717) is 11.8 Å². The molecule has 0 aliphatic carbocycles. The number of halogens is 4. The van der Waals surface area contributed by atoms with Crippen molar-refractivity contribution in [2.75, 3.05) is 0 Å². The molecule has 2 aromatic carbocycles. The fourth-order valence-electron chi connectivity index (χ4n) is 2.56. The zero-order valence-electron chi connectivity index (χ0n) is 13.5. The summed E-state index contributed by atoms with van der Waals surface area (Å²) in [5, 5.41) is 18.7. The molecule has 0 saturated heterocycles. The van der Waals surface area contributed by atoms with Gasteiger partial charge in [0.1, 0.15) is 5.82 Å². The van der Waals surface area contributed by atoms with Crippen LogP contribution >= 0.6 is 0 Å². The minimum atomic E-state index is -4.63. The second kappa shape index (κ2) is 6.61. The first-order chi connectivity index (χ1) is 12.7. The molecule has 1 heterocycles. The van der Waals surface area contributed by atoms with Crippen LogP contribution in [0.25, 0.3) is 16.8 Å². The molecule has 0 atom stereocenters. The monoisotopic (exact) mass is 374 g/mol. The predicted molar refractivity (Wildman–Crippen MR) is 88.8 cm³/mol. The number of hydrogen-bond donors (Lipinski definition) is 1. The third-order valence-electron chi connectivity index (χ3n) is 3.91. The topological polar surface area (TPSA) is 66.0 Å². The lowest BCUT2D eigenvalue weighted by molar-refractivity contribution is -0.137. The highest BCUT2D eigenvalue weighted by molar-refractivity contribution is 5.73. The summed E-state index contributed by atoms with van der Waals surface area (Å²) in [6, 6.07) is 8.98. The van der Waals surface area contributed by atoms with Crippen molar-refractivity contribution in [2.24, 2.45) is 0 Å². The molecule has 0 saturated carbocycles. The van der Waals surface area contributed by atoms with E-state index in [1.807, 2.05) is 0 Å². The Morgan fingerprint density at radius 2 is 1.78 bits per heavy atom. The number of aromatic nitrogens is 1. The van der Waals surface area contributed by atoms with Crippen LogP contribution in [0.1, 0.15) is 11.1 Å². The molecule has 3 rings (SSSR count). The highest BCUT2D eigenvalue weighted by Crippen LogP contribution is 2.34. The minimum Gasteiger partial charge on any atom is -0.503 e. The van der Waals surface area contributed by atoms with Crippen molar-refractivity contribution in [1.82, 2.24) is 4.57 Å². The van der Waals surface area contributed by atoms with E-state index in [4.69, 9.17) is 0 Å². The quantitative estimate of drug-likeness (QED) is 0.683. The molecule has 0 bridgehead atoms. The molecule has 8 heteroatoms. The van der Waals surface area contributed by atoms with Crippen molar-refractivity contribution in [3.8, 4) is 28.6 Å². The van der Waals surface area contributed by atoms with E-state index >= 15 is 0 Å². The summed E-state index contributed by atoms with van der Waals surface area (Å²) in [6.07, 6.45) is -2.16. The van der Waals surface area contributed by atoms with Crippen molar-refractivity contribution < 1.29 is 22.7 Å². The number of hydrogen-bond acceptors (Lipinski definition) is 3. The van der Waals surface area contributed by atoms with E-state index in [1.54, 1.807) is 6.07 Å². The lowest BCUT2D eigenvalue weighted by Gasteiger charge is -2.13. The highest BCUT2D eigenvalue weighted by atomic mass is 19.4. The number of nitriles is 1. The number of alkyl halides is 3. The second-order valence-corrected chi connectivity index (χ2v) is 5.64. The zero-order chi connectivity index (χ0) is 19.8. The Labute approximate surface area is 150 Å². The predicted octanol–water partition coefficient (Wildman–Crippen LogP) is 4.24. The van der Waals surface area contributed by atoms with E-state index in [1.165, 1.54) is 22.9 Å². The molecule has 136 valence electrons. The van der Waals surface area contributed by atoms with Gasteiger partial charge in [-0.1, -0.05) is 6.07 Å². The van der Waals surface area contributed by atoms with Gasteiger partial charge in [0.25, 0.3) is 0 Å². The van der Waals surface area contributed by atoms with E-state index in [2.05, 4.69) is 0 Å². The maximum Gasteiger partial charge on any atom is 0.416 e. The number of pyridine rings is 1. The number of nitrogens with zero attached hydrogens (tertiary/aromatic N) is 2. The number of rotatable bonds is 2. The molecule has 1 aromatic heterocycles. The molecule has 0 fully saturated rings. The number of benzene rings is 2. The SMILES string of the molecule is N#Cc1cc(C(F)(F)F)ccc1-c1cc(-n2ccc(=O)c(O)c2)ccc1F. The van der Waals surface area contributed by atoms with Gasteiger partial charge in [-0.2, -0.15) is 18.4 Å². The highest BCUT2D eigenvalue weighted by Gasteiger charge is 2.31. The first kappa shape index (κ1) is 18.2. The van der Waals surface area contributed by atoms with Crippen LogP contribution < -0.4 is 5.43 Å². The van der Waals surface area contributed by atoms with Crippen LogP contribution in [-0.2, 0) is 6.18 Å². The first-order valence-corrected chi connectivity index (χ1v) is 7.53. The molecule has 0 radical (unpaired) electrons. The molecule has 4 nitrogen and oxygen atoms in total. The van der Waals surface area contributed by atoms with Gasteiger partial charge in [0.05, 0.1) is 23.4 Å². The first-order valence-electron chi connectivity index (χ1n) is 7.53. The molecular formula is C19H10F4N2O2. The lowest BCUT2D eigenvalue weighted by atomic mass is 9.97. The van der Waals surface area contributed by atoms with Crippen molar-refractivity contribution in [3.05, 3.63) is 82.0 Å². The van der Waals surface area contributed by atoms with Gasteiger partial charge in [0.2, 0.25) is 5.43 Å². The van der Waals surface area contributed by atoms with Crippen molar-refractivity contribution in [3.63, 3.8) is 0 Å². The maximum absolute atomic E-state index is 14.3. The molecule has 3 aromatic rings. The Hall–Kier alpha value is -3.60. The van der Waals surface area contributed by atoms with E-state index in [0.717, 1.165) is 30.5 Å². The van der Waals surface area contributed by atoms with Crippen LogP contribution in [0.2, 0.25) is 0 Å². The van der Waals surface area contributed by atoms with Gasteiger partial charge in [-0.25, -0.2) is 4.39 Å². The fourth-order valence-corrected chi connectivity index (χ4v) is 2.56. The summed E-state index contributed by atoms with van der Waals surface area (Å²) >= 11 is 0. The number of aromatic hydroxyl groups is 1. The third kappa shape index (κ3) is 3.53. The second-order valence-electron chi connectivity index (χ2n) is 5.64. The zero-order valence-corrected chi connectivity index (χ0v) is 13.5. The van der Waals surface area contributed by atoms with Crippen LogP contribution in [0.15, 0.2) is 59.7 Å². The Bertz CT molecular complexity index is 1130. The Morgan fingerprint density at radius 3 is 2.41 bits per heavy atom. The van der Waals surface area contributed by atoms with Gasteiger partial charge in [0, 0.05) is 29.1 Å². The molecule has 1 N–H and O–H groups in total. The Morgan fingerprint density at radius 1 is 1.04 bits per heavy atom. The van der Waals surface area contributed by atoms with Crippen LogP contribution in [0.4, 0.5) is 17.6 Å². The summed E-state index contributed by atoms with van der Waals surface area (Å²) in [5.41, 5.74) is -1.69. The van der Waals surface area contributed by atoms with Gasteiger partial charge in [-0.3, -0.25) is 4.79 Å². The van der Waals surface area contributed by atoms with E-state index in [-0.39, 0.29) is 16.7 Å². The largest absolute Gasteiger partial charge is 0.503 e. The molecule has 0 aliphatic rings. The standard InChI is InChI=1S/C19H10F4N2O2/c20-16-4-2-13(25-6-5-17(26)18(27)10-25)8-15(16)14-3-1-12(19(21,22)23)7-11(14)9-24/h1-8,10,27H. The van der Waals surface area contributed by atoms with Gasteiger partial charge in [-0.05, 0) is 30.3 Å². The minimum absolute atomic E-state index is 0.00452. The summed E-state index contributed by atoms with van der Waals surface area (Å²) in [6.45, 7) is 0. The van der Waals surface area contributed by atoms with Crippen molar-refractivity contribution in [2.45, 2.75) is 6.18 Å².